The normalized spacial score (nSPS) is 17.5. The lowest BCUT2D eigenvalue weighted by Crippen LogP contribution is -2.47. The van der Waals surface area contributed by atoms with E-state index in [4.69, 9.17) is 4.74 Å². The third-order valence-corrected chi connectivity index (χ3v) is 9.79. The Balaban J connectivity index is 1.73. The molecule has 2 aromatic carbocycles. The van der Waals surface area contributed by atoms with Crippen molar-refractivity contribution < 1.29 is 23.3 Å². The number of likely N-dealkylation sites (N-methyl/N-ethyl adjacent to an activating group) is 2. The van der Waals surface area contributed by atoms with Crippen molar-refractivity contribution in [2.75, 3.05) is 42.3 Å². The summed E-state index contributed by atoms with van der Waals surface area (Å²) in [6, 6.07) is 11.4. The summed E-state index contributed by atoms with van der Waals surface area (Å²) in [6.45, 7) is 0.438. The molecule has 2 aliphatic rings. The van der Waals surface area contributed by atoms with Crippen LogP contribution in [0.15, 0.2) is 36.4 Å². The topological polar surface area (TPSA) is 104 Å². The Kier molecular flexibility index (Phi) is 8.94. The van der Waals surface area contributed by atoms with Crippen molar-refractivity contribution in [2.45, 2.75) is 57.0 Å². The second-order valence-electron chi connectivity index (χ2n) is 11.9. The van der Waals surface area contributed by atoms with E-state index < -0.39 is 28.9 Å². The van der Waals surface area contributed by atoms with Gasteiger partial charge in [0.2, 0.25) is 0 Å². The molecule has 11 heteroatoms. The average molecular weight is 608 g/mol. The van der Waals surface area contributed by atoms with Crippen molar-refractivity contribution >= 4 is 39.8 Å². The molecule has 5 rings (SSSR count). The molecule has 2 heterocycles. The van der Waals surface area contributed by atoms with Gasteiger partial charge in [-0.25, -0.2) is 8.51 Å². The number of hydrogen-bond acceptors (Lipinski definition) is 5. The molecule has 2 unspecified atom stereocenters. The standard InChI is InChI=1S/C32H41N5O5S/c1-34(2)31(39)32(40)36(5)23-16-22-17-24(42-6)13-15-25(22)29-28(20-10-8-7-9-11-20)26-14-12-21(18-27(26)37(29)19-23)30(38)33-43(41)35(3)4/h12-15,17-18,20,23H,7-11,16,19H2,1-6H3,(H,33,38). The zero-order valence-electron chi connectivity index (χ0n) is 25.8. The van der Waals surface area contributed by atoms with Gasteiger partial charge in [0, 0.05) is 63.8 Å². The van der Waals surface area contributed by atoms with E-state index in [-0.39, 0.29) is 6.04 Å². The lowest BCUT2D eigenvalue weighted by molar-refractivity contribution is -0.150. The molecule has 3 amide bonds. The van der Waals surface area contributed by atoms with E-state index in [1.54, 1.807) is 53.3 Å². The van der Waals surface area contributed by atoms with Gasteiger partial charge in [-0.05, 0) is 66.6 Å². The Morgan fingerprint density at radius 1 is 0.953 bits per heavy atom. The number of aromatic nitrogens is 1. The smallest absolute Gasteiger partial charge is 0.312 e. The summed E-state index contributed by atoms with van der Waals surface area (Å²) in [4.78, 5) is 42.0. The van der Waals surface area contributed by atoms with Crippen molar-refractivity contribution in [3.63, 3.8) is 0 Å². The molecule has 3 aromatic rings. The van der Waals surface area contributed by atoms with E-state index >= 15 is 0 Å². The minimum absolute atomic E-state index is 0.336. The third kappa shape index (κ3) is 5.92. The first-order chi connectivity index (χ1) is 20.5. The Hall–Kier alpha value is -3.70. The minimum atomic E-state index is -1.66. The maximum absolute atomic E-state index is 13.3. The minimum Gasteiger partial charge on any atom is -0.497 e. The molecule has 0 bridgehead atoms. The molecule has 230 valence electrons. The van der Waals surface area contributed by atoms with Gasteiger partial charge < -0.3 is 19.1 Å². The summed E-state index contributed by atoms with van der Waals surface area (Å²) in [5.41, 5.74) is 5.76. The highest BCUT2D eigenvalue weighted by Crippen LogP contribution is 2.47. The van der Waals surface area contributed by atoms with Crippen molar-refractivity contribution in [2.24, 2.45) is 0 Å². The van der Waals surface area contributed by atoms with Crippen LogP contribution in [-0.2, 0) is 33.7 Å². The maximum atomic E-state index is 13.3. The van der Waals surface area contributed by atoms with E-state index in [0.29, 0.717) is 24.4 Å². The maximum Gasteiger partial charge on any atom is 0.312 e. The van der Waals surface area contributed by atoms with Crippen LogP contribution in [0.1, 0.15) is 59.5 Å². The van der Waals surface area contributed by atoms with E-state index in [9.17, 15) is 18.6 Å². The molecule has 0 spiro atoms. The molecular formula is C32H41N5O5S. The quantitative estimate of drug-likeness (QED) is 0.431. The first-order valence-corrected chi connectivity index (χ1v) is 15.8. The lowest BCUT2D eigenvalue weighted by Gasteiger charge is -2.28. The number of carbonyl (C=O) groups is 3. The molecule has 1 saturated carbocycles. The fraction of sp³-hybridized carbons (Fsp3) is 0.469. The highest BCUT2D eigenvalue weighted by Gasteiger charge is 2.35. The number of hydrogen-bond donors (Lipinski definition) is 1. The van der Waals surface area contributed by atoms with Crippen LogP contribution in [-0.4, -0.2) is 89.0 Å². The van der Waals surface area contributed by atoms with Gasteiger partial charge >= 0.3 is 11.8 Å². The van der Waals surface area contributed by atoms with Gasteiger partial charge in [0.25, 0.3) is 5.91 Å². The summed E-state index contributed by atoms with van der Waals surface area (Å²) in [7, 11) is 9.74. The predicted molar refractivity (Wildman–Crippen MR) is 168 cm³/mol. The van der Waals surface area contributed by atoms with Crippen LogP contribution in [0.4, 0.5) is 0 Å². The van der Waals surface area contributed by atoms with Crippen LogP contribution in [0.2, 0.25) is 0 Å². The van der Waals surface area contributed by atoms with Crippen LogP contribution in [0, 0.1) is 0 Å². The SMILES string of the molecule is COc1ccc2c(c1)CC(N(C)C(=O)C(=O)N(C)C)Cn1c-2c(C2CCCCC2)c2ccc(C(=O)NS(=O)N(C)C)cc21. The predicted octanol–water partition coefficient (Wildman–Crippen LogP) is 3.71. The van der Waals surface area contributed by atoms with Crippen LogP contribution in [0.5, 0.6) is 5.75 Å². The Labute approximate surface area is 255 Å². The number of ether oxygens (including phenoxy) is 1. The van der Waals surface area contributed by atoms with Gasteiger partial charge in [0.1, 0.15) is 5.75 Å². The largest absolute Gasteiger partial charge is 0.497 e. The molecule has 1 fully saturated rings. The second-order valence-corrected chi connectivity index (χ2v) is 13.4. The van der Waals surface area contributed by atoms with Crippen molar-refractivity contribution in [1.29, 1.82) is 0 Å². The molecule has 2 atom stereocenters. The Morgan fingerprint density at radius 2 is 1.67 bits per heavy atom. The van der Waals surface area contributed by atoms with Gasteiger partial charge in [-0.1, -0.05) is 25.3 Å². The molecule has 1 aromatic heterocycles. The number of benzene rings is 2. The first-order valence-electron chi connectivity index (χ1n) is 14.7. The molecule has 1 aliphatic heterocycles. The summed E-state index contributed by atoms with van der Waals surface area (Å²) in [5, 5.41) is 1.08. The van der Waals surface area contributed by atoms with Crippen LogP contribution >= 0.6 is 0 Å². The number of methoxy groups -OCH3 is 1. The molecule has 0 radical (unpaired) electrons. The fourth-order valence-corrected chi connectivity index (χ4v) is 6.88. The van der Waals surface area contributed by atoms with Crippen molar-refractivity contribution in [1.82, 2.24) is 23.4 Å². The number of fused-ring (bicyclic) bond motifs is 5. The van der Waals surface area contributed by atoms with Gasteiger partial charge in [0.05, 0.1) is 18.8 Å². The van der Waals surface area contributed by atoms with Gasteiger partial charge in [0.15, 0.2) is 11.2 Å². The summed E-state index contributed by atoms with van der Waals surface area (Å²) in [5.74, 6) is -0.492. The van der Waals surface area contributed by atoms with E-state index in [0.717, 1.165) is 59.2 Å². The van der Waals surface area contributed by atoms with Crippen molar-refractivity contribution in [3.05, 3.63) is 53.1 Å². The molecule has 1 aliphatic carbocycles. The van der Waals surface area contributed by atoms with Crippen molar-refractivity contribution in [3.8, 4) is 17.0 Å². The molecule has 43 heavy (non-hydrogen) atoms. The zero-order chi connectivity index (χ0) is 31.0. The molecule has 1 N–H and O–H groups in total. The Bertz CT molecular complexity index is 1590. The Morgan fingerprint density at radius 3 is 2.33 bits per heavy atom. The number of amides is 3. The van der Waals surface area contributed by atoms with E-state index in [2.05, 4.69) is 15.4 Å². The number of nitrogens with zero attached hydrogens (tertiary/aromatic N) is 4. The third-order valence-electron chi connectivity index (χ3n) is 8.76. The number of nitrogens with one attached hydrogen (secondary N) is 1. The van der Waals surface area contributed by atoms with Crippen LogP contribution in [0.25, 0.3) is 22.2 Å². The first kappa shape index (κ1) is 30.7. The monoisotopic (exact) mass is 607 g/mol. The summed E-state index contributed by atoms with van der Waals surface area (Å²) in [6.07, 6.45) is 6.25. The molecular weight excluding hydrogens is 566 g/mol. The fourth-order valence-electron chi connectivity index (χ4n) is 6.43. The average Bonchev–Trinajstić information content (AvgIpc) is 3.22. The highest BCUT2D eigenvalue weighted by molar-refractivity contribution is 7.81. The lowest BCUT2D eigenvalue weighted by atomic mass is 9.81. The summed E-state index contributed by atoms with van der Waals surface area (Å²) < 4.78 is 24.2. The number of carbonyl (C=O) groups excluding carboxylic acids is 3. The molecule has 0 saturated heterocycles. The zero-order valence-corrected chi connectivity index (χ0v) is 26.6. The molecule has 10 nitrogen and oxygen atoms in total. The second kappa shape index (κ2) is 12.5. The van der Waals surface area contributed by atoms with Crippen LogP contribution in [0.3, 0.4) is 0 Å². The highest BCUT2D eigenvalue weighted by atomic mass is 32.2. The van der Waals surface area contributed by atoms with Gasteiger partial charge in [-0.3, -0.25) is 19.1 Å². The van der Waals surface area contributed by atoms with Gasteiger partial charge in [-0.2, -0.15) is 0 Å². The van der Waals surface area contributed by atoms with Crippen LogP contribution < -0.4 is 9.46 Å². The number of rotatable bonds is 6. The van der Waals surface area contributed by atoms with E-state index in [1.165, 1.54) is 21.2 Å². The summed E-state index contributed by atoms with van der Waals surface area (Å²) >= 11 is -1.66. The van der Waals surface area contributed by atoms with Gasteiger partial charge in [-0.15, -0.1) is 0 Å². The van der Waals surface area contributed by atoms with E-state index in [1.807, 2.05) is 24.3 Å².